The summed E-state index contributed by atoms with van der Waals surface area (Å²) in [5, 5.41) is 13.9. The number of carboxylic acid groups (broad SMARTS) is 1. The van der Waals surface area contributed by atoms with Gasteiger partial charge in [0.25, 0.3) is 0 Å². The number of carbonyl (C=O) groups excluding carboxylic acids is 1. The summed E-state index contributed by atoms with van der Waals surface area (Å²) >= 11 is 6.00. The summed E-state index contributed by atoms with van der Waals surface area (Å²) in [6, 6.07) is 3.57. The lowest BCUT2D eigenvalue weighted by Gasteiger charge is -2.25. The monoisotopic (exact) mass is 484 g/mol. The first-order valence-electron chi connectivity index (χ1n) is 9.99. The quantitative estimate of drug-likeness (QED) is 0.540. The predicted octanol–water partition coefficient (Wildman–Crippen LogP) is 4.83. The van der Waals surface area contributed by atoms with Crippen LogP contribution < -0.4 is 4.72 Å². The molecular weight excluding hydrogens is 456 g/mol. The first kappa shape index (κ1) is 26.0. The number of ether oxygens (including phenoxy) is 1. The lowest BCUT2D eigenvalue weighted by atomic mass is 9.95. The Morgan fingerprint density at radius 1 is 1.25 bits per heavy atom. The van der Waals surface area contributed by atoms with Gasteiger partial charge in [0, 0.05) is 10.6 Å². The van der Waals surface area contributed by atoms with Crippen molar-refractivity contribution >= 4 is 34.5 Å². The minimum atomic E-state index is -1.56. The Hall–Kier alpha value is -2.23. The highest BCUT2D eigenvalue weighted by atomic mass is 35.5. The van der Waals surface area contributed by atoms with E-state index < -0.39 is 39.3 Å². The van der Waals surface area contributed by atoms with Crippen molar-refractivity contribution in [2.24, 2.45) is 0 Å². The normalized spacial score (nSPS) is 14.1. The highest BCUT2D eigenvalue weighted by Crippen LogP contribution is 2.37. The lowest BCUT2D eigenvalue weighted by molar-refractivity contribution is -0.155. The molecule has 2 aromatic rings. The molecule has 1 heterocycles. The van der Waals surface area contributed by atoms with Gasteiger partial charge in [-0.25, -0.2) is 13.7 Å². The third-order valence-corrected chi connectivity index (χ3v) is 6.13. The first-order chi connectivity index (χ1) is 14.6. The van der Waals surface area contributed by atoms with E-state index in [-0.39, 0.29) is 22.8 Å². The Morgan fingerprint density at radius 2 is 1.88 bits per heavy atom. The average molecular weight is 485 g/mol. The number of hydrogen-bond acceptors (Lipinski definition) is 6. The van der Waals surface area contributed by atoms with E-state index in [4.69, 9.17) is 20.9 Å². The number of nitrogens with zero attached hydrogens (tertiary/aromatic N) is 1. The fraction of sp³-hybridized carbons (Fsp3) is 0.500. The smallest absolute Gasteiger partial charge is 0.336 e. The fourth-order valence-electron chi connectivity index (χ4n) is 2.91. The number of carboxylic acids is 1. The topological polar surface area (TPSA) is 119 Å². The van der Waals surface area contributed by atoms with Crippen LogP contribution in [-0.2, 0) is 20.5 Å². The average Bonchev–Trinajstić information content (AvgIpc) is 3.00. The van der Waals surface area contributed by atoms with Crippen molar-refractivity contribution in [1.82, 2.24) is 9.88 Å². The SMILES string of the molecule is Cc1noc([C@H](CC(=O)OC(C)(C)C)N[S@@](=O)C(C)(C)C)c1-c1ccc(Cl)cc1C(=O)O. The van der Waals surface area contributed by atoms with Crippen molar-refractivity contribution in [3.8, 4) is 11.1 Å². The van der Waals surface area contributed by atoms with E-state index in [1.165, 1.54) is 6.07 Å². The number of carbonyl (C=O) groups is 2. The van der Waals surface area contributed by atoms with E-state index in [9.17, 15) is 18.9 Å². The van der Waals surface area contributed by atoms with Crippen molar-refractivity contribution in [1.29, 1.82) is 0 Å². The molecule has 0 unspecified atom stereocenters. The van der Waals surface area contributed by atoms with Crippen molar-refractivity contribution in [2.75, 3.05) is 0 Å². The number of esters is 1. The van der Waals surface area contributed by atoms with Crippen LogP contribution in [0.5, 0.6) is 0 Å². The summed E-state index contributed by atoms with van der Waals surface area (Å²) < 4.78 is 26.1. The Bertz CT molecular complexity index is 1040. The summed E-state index contributed by atoms with van der Waals surface area (Å²) in [5.41, 5.74) is 0.386. The molecule has 0 spiro atoms. The summed E-state index contributed by atoms with van der Waals surface area (Å²) in [6.07, 6.45) is -0.198. The second-order valence-corrected chi connectivity index (χ2v) is 11.8. The van der Waals surface area contributed by atoms with Gasteiger partial charge in [-0.1, -0.05) is 22.8 Å². The molecular formula is C22H29ClN2O6S. The number of halogens is 1. The molecule has 10 heteroatoms. The van der Waals surface area contributed by atoms with Gasteiger partial charge in [0.15, 0.2) is 5.76 Å². The molecule has 0 amide bonds. The highest BCUT2D eigenvalue weighted by molar-refractivity contribution is 7.84. The molecule has 0 fully saturated rings. The summed E-state index contributed by atoms with van der Waals surface area (Å²) in [7, 11) is -1.56. The fourth-order valence-corrected chi connectivity index (χ4v) is 3.88. The van der Waals surface area contributed by atoms with Crippen LogP contribution in [0.2, 0.25) is 5.02 Å². The zero-order valence-electron chi connectivity index (χ0n) is 19.2. The second kappa shape index (κ2) is 9.72. The molecule has 2 N–H and O–H groups in total. The van der Waals surface area contributed by atoms with Crippen LogP contribution in [0.4, 0.5) is 0 Å². The molecule has 0 aliphatic rings. The second-order valence-electron chi connectivity index (χ2n) is 9.34. The number of aromatic carboxylic acids is 1. The maximum absolute atomic E-state index is 12.9. The third-order valence-electron chi connectivity index (χ3n) is 4.28. The number of aromatic nitrogens is 1. The van der Waals surface area contributed by atoms with Gasteiger partial charge < -0.3 is 14.4 Å². The van der Waals surface area contributed by atoms with Gasteiger partial charge in [0.2, 0.25) is 0 Å². The maximum Gasteiger partial charge on any atom is 0.336 e. The van der Waals surface area contributed by atoms with E-state index in [0.29, 0.717) is 16.8 Å². The van der Waals surface area contributed by atoms with E-state index >= 15 is 0 Å². The minimum absolute atomic E-state index is 0.0435. The van der Waals surface area contributed by atoms with Crippen molar-refractivity contribution in [3.05, 3.63) is 40.2 Å². The van der Waals surface area contributed by atoms with Crippen LogP contribution in [0.25, 0.3) is 11.1 Å². The zero-order valence-corrected chi connectivity index (χ0v) is 20.8. The standard InChI is InChI=1S/C22H29ClN2O6S/c1-12-18(14-9-8-13(23)10-15(14)20(27)28)19(31-24-12)16(25-32(29)22(5,6)7)11-17(26)30-21(2,3)4/h8-10,16,25H,11H2,1-7H3,(H,27,28)/t16-,32-/m0/s1. The van der Waals surface area contributed by atoms with E-state index in [0.717, 1.165) is 0 Å². The van der Waals surface area contributed by atoms with E-state index in [1.807, 2.05) is 0 Å². The number of aryl methyl sites for hydroxylation is 1. The van der Waals surface area contributed by atoms with Crippen LogP contribution in [0.15, 0.2) is 22.7 Å². The summed E-state index contributed by atoms with van der Waals surface area (Å²) in [4.78, 5) is 24.5. The van der Waals surface area contributed by atoms with Gasteiger partial charge in [-0.05, 0) is 60.6 Å². The largest absolute Gasteiger partial charge is 0.478 e. The van der Waals surface area contributed by atoms with Gasteiger partial charge in [-0.2, -0.15) is 0 Å². The van der Waals surface area contributed by atoms with Gasteiger partial charge in [-0.15, -0.1) is 0 Å². The van der Waals surface area contributed by atoms with Crippen LogP contribution in [0.1, 0.15) is 75.8 Å². The molecule has 0 saturated heterocycles. The molecule has 0 radical (unpaired) electrons. The lowest BCUT2D eigenvalue weighted by Crippen LogP contribution is -2.37. The zero-order chi connectivity index (χ0) is 24.4. The van der Waals surface area contributed by atoms with Gasteiger partial charge >= 0.3 is 11.9 Å². The molecule has 8 nitrogen and oxygen atoms in total. The predicted molar refractivity (Wildman–Crippen MR) is 123 cm³/mol. The molecule has 176 valence electrons. The van der Waals surface area contributed by atoms with Gasteiger partial charge in [0.1, 0.15) is 5.60 Å². The molecule has 2 atom stereocenters. The number of benzene rings is 1. The Balaban J connectivity index is 2.60. The van der Waals surface area contributed by atoms with Crippen LogP contribution in [-0.4, -0.2) is 36.8 Å². The van der Waals surface area contributed by atoms with Crippen LogP contribution in [0.3, 0.4) is 0 Å². The first-order valence-corrected chi connectivity index (χ1v) is 11.5. The summed E-state index contributed by atoms with van der Waals surface area (Å²) in [5.74, 6) is -1.52. The van der Waals surface area contributed by atoms with Gasteiger partial charge in [0.05, 0.1) is 45.0 Å². The van der Waals surface area contributed by atoms with Crippen LogP contribution >= 0.6 is 11.6 Å². The molecule has 2 rings (SSSR count). The molecule has 0 aliphatic heterocycles. The van der Waals surface area contributed by atoms with E-state index in [1.54, 1.807) is 60.6 Å². The molecule has 32 heavy (non-hydrogen) atoms. The molecule has 1 aromatic carbocycles. The molecule has 0 saturated carbocycles. The maximum atomic E-state index is 12.9. The Kier molecular flexibility index (Phi) is 7.91. The molecule has 0 bridgehead atoms. The highest BCUT2D eigenvalue weighted by Gasteiger charge is 2.33. The Labute approximate surface area is 195 Å². The van der Waals surface area contributed by atoms with Crippen molar-refractivity contribution in [3.63, 3.8) is 0 Å². The van der Waals surface area contributed by atoms with Crippen LogP contribution in [0, 0.1) is 6.92 Å². The number of hydrogen-bond donors (Lipinski definition) is 2. The van der Waals surface area contributed by atoms with Crippen molar-refractivity contribution < 1.29 is 28.2 Å². The molecule has 1 aromatic heterocycles. The van der Waals surface area contributed by atoms with E-state index in [2.05, 4.69) is 9.88 Å². The van der Waals surface area contributed by atoms with Gasteiger partial charge in [-0.3, -0.25) is 4.79 Å². The Morgan fingerprint density at radius 3 is 2.41 bits per heavy atom. The minimum Gasteiger partial charge on any atom is -0.478 e. The number of rotatable bonds is 7. The number of nitrogens with one attached hydrogen (secondary N) is 1. The van der Waals surface area contributed by atoms with Crippen molar-refractivity contribution in [2.45, 2.75) is 71.3 Å². The molecule has 0 aliphatic carbocycles. The third kappa shape index (κ3) is 6.63. The summed E-state index contributed by atoms with van der Waals surface area (Å²) in [6.45, 7) is 12.3.